The van der Waals surface area contributed by atoms with Crippen molar-refractivity contribution in [1.29, 1.82) is 0 Å². The van der Waals surface area contributed by atoms with Crippen LogP contribution in [0.4, 0.5) is 0 Å². The highest BCUT2D eigenvalue weighted by Crippen LogP contribution is 2.14. The van der Waals surface area contributed by atoms with Gasteiger partial charge in [0.25, 0.3) is 5.91 Å². The van der Waals surface area contributed by atoms with Gasteiger partial charge in [0.2, 0.25) is 5.75 Å². The van der Waals surface area contributed by atoms with Gasteiger partial charge in [-0.1, -0.05) is 0 Å². The smallest absolute Gasteiger partial charge is 0.309 e. The van der Waals surface area contributed by atoms with Crippen LogP contribution in [-0.4, -0.2) is 41.6 Å². The Labute approximate surface area is 92.7 Å². The Morgan fingerprint density at radius 2 is 1.81 bits per heavy atom. The van der Waals surface area contributed by atoms with Gasteiger partial charge in [-0.25, -0.2) is 5.06 Å². The molecule has 0 aliphatic rings. The van der Waals surface area contributed by atoms with Crippen LogP contribution < -0.4 is 10.3 Å². The molecule has 0 aliphatic carbocycles. The van der Waals surface area contributed by atoms with Gasteiger partial charge in [-0.3, -0.25) is 23.8 Å². The predicted molar refractivity (Wildman–Crippen MR) is 56.3 cm³/mol. The molecule has 0 unspecified atom stereocenters. The zero-order valence-electron chi connectivity index (χ0n) is 9.97. The molecule has 90 valence electrons. The number of carbonyl (C=O) groups is 1. The molecule has 0 radical (unpaired) electrons. The lowest BCUT2D eigenvalue weighted by atomic mass is 10.3. The second-order valence-electron chi connectivity index (χ2n) is 3.22. The predicted octanol–water partition coefficient (Wildman–Crippen LogP) is -0.634. The summed E-state index contributed by atoms with van der Waals surface area (Å²) in [6, 6.07) is 0. The molecule has 0 spiro atoms. The molecule has 0 saturated heterocycles. The Balaban J connectivity index is 3.39. The van der Waals surface area contributed by atoms with Gasteiger partial charge in [-0.05, 0) is 0 Å². The fourth-order valence-corrected chi connectivity index (χ4v) is 1.33. The lowest BCUT2D eigenvalue weighted by Gasteiger charge is -2.14. The van der Waals surface area contributed by atoms with Crippen molar-refractivity contribution in [3.05, 3.63) is 16.0 Å². The number of carbonyl (C=O) groups excluding carboxylic acids is 1. The number of aromatic nitrogens is 2. The van der Waals surface area contributed by atoms with Gasteiger partial charge in [0, 0.05) is 21.1 Å². The number of hydrogen-bond acceptors (Lipinski definition) is 4. The van der Waals surface area contributed by atoms with Crippen LogP contribution in [0.1, 0.15) is 10.5 Å². The summed E-state index contributed by atoms with van der Waals surface area (Å²) >= 11 is 0. The van der Waals surface area contributed by atoms with Gasteiger partial charge in [0.05, 0.1) is 14.2 Å². The van der Waals surface area contributed by atoms with Crippen molar-refractivity contribution in [2.75, 3.05) is 21.3 Å². The largest absolute Gasteiger partial charge is 0.489 e. The van der Waals surface area contributed by atoms with Crippen molar-refractivity contribution in [3.63, 3.8) is 0 Å². The van der Waals surface area contributed by atoms with E-state index in [-0.39, 0.29) is 17.0 Å². The quantitative estimate of drug-likeness (QED) is 0.647. The summed E-state index contributed by atoms with van der Waals surface area (Å²) in [7, 11) is 7.32. The van der Waals surface area contributed by atoms with E-state index in [1.807, 2.05) is 0 Å². The van der Waals surface area contributed by atoms with E-state index in [0.29, 0.717) is 0 Å². The van der Waals surface area contributed by atoms with Gasteiger partial charge in [-0.2, -0.15) is 0 Å². The van der Waals surface area contributed by atoms with Gasteiger partial charge in [0.15, 0.2) is 5.69 Å². The van der Waals surface area contributed by atoms with Crippen molar-refractivity contribution in [2.45, 2.75) is 0 Å². The monoisotopic (exact) mass is 229 g/mol. The molecule has 0 fully saturated rings. The van der Waals surface area contributed by atoms with Gasteiger partial charge in [-0.15, -0.1) is 0 Å². The average Bonchev–Trinajstić information content (AvgIpc) is 2.51. The second-order valence-corrected chi connectivity index (χ2v) is 3.22. The molecule has 1 aromatic heterocycles. The normalized spacial score (nSPS) is 10.3. The van der Waals surface area contributed by atoms with Gasteiger partial charge < -0.3 is 4.74 Å². The Morgan fingerprint density at radius 3 is 2.25 bits per heavy atom. The summed E-state index contributed by atoms with van der Waals surface area (Å²) in [6.45, 7) is 0. The molecule has 0 bridgehead atoms. The molecule has 7 nitrogen and oxygen atoms in total. The molecule has 1 heterocycles. The molecular weight excluding hydrogens is 214 g/mol. The third-order valence-electron chi connectivity index (χ3n) is 2.44. The maximum absolute atomic E-state index is 11.9. The molecule has 0 aromatic carbocycles. The highest BCUT2D eigenvalue weighted by Gasteiger charge is 2.25. The molecule has 0 saturated carbocycles. The first-order chi connectivity index (χ1) is 7.45. The third kappa shape index (κ3) is 1.69. The SMILES string of the molecule is COc1c(C(=O)N(C)OC)n(C)n(C)c1=O. The molecule has 0 N–H and O–H groups in total. The summed E-state index contributed by atoms with van der Waals surface area (Å²) in [5.74, 6) is -0.432. The van der Waals surface area contributed by atoms with E-state index in [1.165, 1.54) is 30.6 Å². The van der Waals surface area contributed by atoms with Crippen molar-refractivity contribution in [1.82, 2.24) is 14.4 Å². The molecule has 7 heteroatoms. The van der Waals surface area contributed by atoms with Gasteiger partial charge in [0.1, 0.15) is 0 Å². The number of nitrogens with zero attached hydrogens (tertiary/aromatic N) is 3. The maximum Gasteiger partial charge on any atom is 0.309 e. The Kier molecular flexibility index (Phi) is 3.38. The fourth-order valence-electron chi connectivity index (χ4n) is 1.33. The first-order valence-corrected chi connectivity index (χ1v) is 4.57. The Bertz CT molecular complexity index is 460. The van der Waals surface area contributed by atoms with Crippen LogP contribution in [0, 0.1) is 0 Å². The lowest BCUT2D eigenvalue weighted by Crippen LogP contribution is -2.28. The van der Waals surface area contributed by atoms with Crippen LogP contribution in [-0.2, 0) is 18.9 Å². The minimum Gasteiger partial charge on any atom is -0.489 e. The second kappa shape index (κ2) is 4.40. The van der Waals surface area contributed by atoms with Crippen molar-refractivity contribution in [3.8, 4) is 5.75 Å². The number of amides is 1. The topological polar surface area (TPSA) is 65.7 Å². The zero-order chi connectivity index (χ0) is 12.5. The van der Waals surface area contributed by atoms with Crippen molar-refractivity contribution < 1.29 is 14.4 Å². The molecule has 0 atom stereocenters. The molecule has 1 rings (SSSR count). The number of methoxy groups -OCH3 is 1. The Hall–Kier alpha value is -1.76. The van der Waals surface area contributed by atoms with E-state index in [2.05, 4.69) is 0 Å². The fraction of sp³-hybridized carbons (Fsp3) is 0.556. The van der Waals surface area contributed by atoms with Crippen molar-refractivity contribution >= 4 is 5.91 Å². The van der Waals surface area contributed by atoms with Crippen LogP contribution in [0.3, 0.4) is 0 Å². The average molecular weight is 229 g/mol. The van der Waals surface area contributed by atoms with E-state index in [4.69, 9.17) is 9.57 Å². The minimum absolute atomic E-state index is 0.0129. The molecular formula is C9H15N3O4. The minimum atomic E-state index is -0.445. The van der Waals surface area contributed by atoms with Crippen LogP contribution >= 0.6 is 0 Å². The number of ether oxygens (including phenoxy) is 1. The van der Waals surface area contributed by atoms with E-state index in [9.17, 15) is 9.59 Å². The summed E-state index contributed by atoms with van der Waals surface area (Å²) in [4.78, 5) is 28.3. The lowest BCUT2D eigenvalue weighted by molar-refractivity contribution is -0.0765. The summed E-state index contributed by atoms with van der Waals surface area (Å²) < 4.78 is 7.64. The summed E-state index contributed by atoms with van der Waals surface area (Å²) in [6.07, 6.45) is 0. The number of hydroxylamine groups is 2. The van der Waals surface area contributed by atoms with Crippen LogP contribution in [0.5, 0.6) is 5.75 Å². The van der Waals surface area contributed by atoms with E-state index < -0.39 is 5.91 Å². The number of rotatable bonds is 3. The standard InChI is InChI=1S/C9H15N3O4/c1-10-6(8(13)12(3)16-5)7(15-4)9(14)11(10)2/h1-5H3. The summed E-state index contributed by atoms with van der Waals surface area (Å²) in [5.41, 5.74) is -0.211. The van der Waals surface area contributed by atoms with Crippen LogP contribution in [0.2, 0.25) is 0 Å². The first kappa shape index (κ1) is 12.3. The first-order valence-electron chi connectivity index (χ1n) is 4.57. The van der Waals surface area contributed by atoms with Gasteiger partial charge >= 0.3 is 5.56 Å². The van der Waals surface area contributed by atoms with Crippen LogP contribution in [0.15, 0.2) is 4.79 Å². The highest BCUT2D eigenvalue weighted by molar-refractivity contribution is 5.94. The maximum atomic E-state index is 11.9. The molecule has 1 aromatic rings. The number of hydrogen-bond donors (Lipinski definition) is 0. The van der Waals surface area contributed by atoms with E-state index in [1.54, 1.807) is 14.1 Å². The van der Waals surface area contributed by atoms with E-state index in [0.717, 1.165) is 5.06 Å². The summed E-state index contributed by atoms with van der Waals surface area (Å²) in [5, 5.41) is 1.03. The molecule has 16 heavy (non-hydrogen) atoms. The molecule has 0 aliphatic heterocycles. The van der Waals surface area contributed by atoms with E-state index >= 15 is 0 Å². The third-order valence-corrected chi connectivity index (χ3v) is 2.44. The molecule has 1 amide bonds. The Morgan fingerprint density at radius 1 is 1.25 bits per heavy atom. The highest BCUT2D eigenvalue weighted by atomic mass is 16.7. The van der Waals surface area contributed by atoms with Crippen LogP contribution in [0.25, 0.3) is 0 Å². The van der Waals surface area contributed by atoms with Crippen molar-refractivity contribution in [2.24, 2.45) is 14.1 Å². The zero-order valence-corrected chi connectivity index (χ0v) is 9.97.